The molecule has 0 saturated heterocycles. The Balaban J connectivity index is 0.00000676. The van der Waals surface area contributed by atoms with E-state index in [9.17, 15) is 9.90 Å². The molecule has 0 aliphatic carbocycles. The van der Waals surface area contributed by atoms with Crippen molar-refractivity contribution in [3.8, 4) is 0 Å². The Morgan fingerprint density at radius 1 is 0.741 bits per heavy atom. The van der Waals surface area contributed by atoms with E-state index in [-0.39, 0.29) is 54.8 Å². The van der Waals surface area contributed by atoms with Crippen molar-refractivity contribution < 1.29 is 9.90 Å². The Labute approximate surface area is 208 Å². The number of aliphatic carboxylic acids is 1. The standard InChI is InChI=1S/C24H40O2.Ba.2H/c1-2-3-4-5-6-7-8-9-10-11-12-13-14-18-21-23(24(25)26)22-19-16-15-17-20-22;;;/h15-17,19-20,23H,2-14,18,21H2,1H3,(H,25,26);;;. The molecule has 1 unspecified atom stereocenters. The molecule has 1 rings (SSSR count). The molecule has 0 fully saturated rings. The van der Waals surface area contributed by atoms with Crippen LogP contribution in [0.5, 0.6) is 0 Å². The Hall–Kier alpha value is 0.261. The first-order valence-electron chi connectivity index (χ1n) is 11.0. The molecular weight excluding hydrogens is 458 g/mol. The van der Waals surface area contributed by atoms with E-state index in [1.54, 1.807) is 0 Å². The predicted octanol–water partition coefficient (Wildman–Crippen LogP) is 6.81. The van der Waals surface area contributed by atoms with Crippen molar-refractivity contribution in [1.82, 2.24) is 0 Å². The van der Waals surface area contributed by atoms with Crippen LogP contribution in [0.2, 0.25) is 0 Å². The Kier molecular flexibility index (Phi) is 19.8. The molecule has 0 heterocycles. The summed E-state index contributed by atoms with van der Waals surface area (Å²) < 4.78 is 0. The number of unbranched alkanes of at least 4 members (excludes halogenated alkanes) is 13. The Bertz CT molecular complexity index is 447. The molecule has 0 aliphatic rings. The van der Waals surface area contributed by atoms with Crippen LogP contribution in [-0.2, 0) is 4.79 Å². The van der Waals surface area contributed by atoms with E-state index < -0.39 is 5.97 Å². The van der Waals surface area contributed by atoms with Crippen molar-refractivity contribution in [3.63, 3.8) is 0 Å². The SMILES string of the molecule is CCCCCCCCCCCCCCCCC(C(=O)O)c1ccccc1.[BaH2]. The molecule has 1 aromatic carbocycles. The molecule has 0 amide bonds. The van der Waals surface area contributed by atoms with Crippen molar-refractivity contribution in [1.29, 1.82) is 0 Å². The molecule has 152 valence electrons. The monoisotopic (exact) mass is 500 g/mol. The molecular formula is C24H42BaO2. The molecule has 0 saturated carbocycles. The number of carboxylic acid groups (broad SMARTS) is 1. The van der Waals surface area contributed by atoms with Gasteiger partial charge in [-0.1, -0.05) is 127 Å². The van der Waals surface area contributed by atoms with Gasteiger partial charge in [-0.15, -0.1) is 0 Å². The molecule has 0 spiro atoms. The van der Waals surface area contributed by atoms with E-state index >= 15 is 0 Å². The Morgan fingerprint density at radius 2 is 1.15 bits per heavy atom. The average molecular weight is 500 g/mol. The van der Waals surface area contributed by atoms with Gasteiger partial charge in [-0.25, -0.2) is 0 Å². The maximum absolute atomic E-state index is 11.5. The van der Waals surface area contributed by atoms with Gasteiger partial charge in [-0.2, -0.15) is 0 Å². The van der Waals surface area contributed by atoms with Crippen LogP contribution >= 0.6 is 0 Å². The zero-order chi connectivity index (χ0) is 18.9. The predicted molar refractivity (Wildman–Crippen MR) is 120 cm³/mol. The van der Waals surface area contributed by atoms with Gasteiger partial charge in [0.15, 0.2) is 0 Å². The maximum atomic E-state index is 11.5. The minimum atomic E-state index is -0.689. The summed E-state index contributed by atoms with van der Waals surface area (Å²) in [4.78, 5) is 11.5. The summed E-state index contributed by atoms with van der Waals surface area (Å²) in [7, 11) is 0. The fraction of sp³-hybridized carbons (Fsp3) is 0.708. The number of rotatable bonds is 17. The van der Waals surface area contributed by atoms with Crippen LogP contribution in [-0.4, -0.2) is 60.0 Å². The zero-order valence-electron chi connectivity index (χ0n) is 16.9. The topological polar surface area (TPSA) is 37.3 Å². The van der Waals surface area contributed by atoms with E-state index in [4.69, 9.17) is 0 Å². The van der Waals surface area contributed by atoms with E-state index in [0.717, 1.165) is 24.8 Å². The third kappa shape index (κ3) is 14.9. The second-order valence-corrected chi connectivity index (χ2v) is 7.69. The van der Waals surface area contributed by atoms with E-state index in [1.807, 2.05) is 30.3 Å². The molecule has 3 heteroatoms. The summed E-state index contributed by atoms with van der Waals surface area (Å²) in [6, 6.07) is 9.66. The van der Waals surface area contributed by atoms with Crippen LogP contribution < -0.4 is 0 Å². The van der Waals surface area contributed by atoms with Crippen molar-refractivity contribution in [2.24, 2.45) is 0 Å². The average Bonchev–Trinajstić information content (AvgIpc) is 2.65. The molecule has 0 aromatic heterocycles. The minimum absolute atomic E-state index is 0. The van der Waals surface area contributed by atoms with Gasteiger partial charge < -0.3 is 5.11 Å². The van der Waals surface area contributed by atoms with Crippen molar-refractivity contribution in [3.05, 3.63) is 35.9 Å². The molecule has 27 heavy (non-hydrogen) atoms. The van der Waals surface area contributed by atoms with Crippen molar-refractivity contribution >= 4 is 54.9 Å². The summed E-state index contributed by atoms with van der Waals surface area (Å²) >= 11 is 0. The molecule has 1 atom stereocenters. The van der Waals surface area contributed by atoms with Gasteiger partial charge in [0.25, 0.3) is 0 Å². The molecule has 1 N–H and O–H groups in total. The second kappa shape index (κ2) is 19.6. The van der Waals surface area contributed by atoms with Gasteiger partial charge in [0, 0.05) is 0 Å². The molecule has 0 aliphatic heterocycles. The first-order valence-corrected chi connectivity index (χ1v) is 11.0. The third-order valence-electron chi connectivity index (χ3n) is 5.35. The Morgan fingerprint density at radius 3 is 1.56 bits per heavy atom. The first-order chi connectivity index (χ1) is 12.8. The quantitative estimate of drug-likeness (QED) is 0.189. The number of benzene rings is 1. The summed E-state index contributed by atoms with van der Waals surface area (Å²) in [5.74, 6) is -1.03. The number of carboxylic acids is 1. The molecule has 0 radical (unpaired) electrons. The summed E-state index contributed by atoms with van der Waals surface area (Å²) in [5.41, 5.74) is 0.940. The van der Waals surface area contributed by atoms with Crippen LogP contribution in [0.15, 0.2) is 30.3 Å². The van der Waals surface area contributed by atoms with Crippen molar-refractivity contribution in [2.75, 3.05) is 0 Å². The van der Waals surface area contributed by atoms with Gasteiger partial charge in [0.05, 0.1) is 5.92 Å². The zero-order valence-corrected chi connectivity index (χ0v) is 16.9. The first kappa shape index (κ1) is 27.3. The van der Waals surface area contributed by atoms with E-state index in [0.29, 0.717) is 0 Å². The van der Waals surface area contributed by atoms with Crippen LogP contribution in [0.1, 0.15) is 115 Å². The molecule has 0 bridgehead atoms. The van der Waals surface area contributed by atoms with Crippen molar-refractivity contribution in [2.45, 2.75) is 109 Å². The fourth-order valence-corrected chi connectivity index (χ4v) is 3.66. The normalized spacial score (nSPS) is 11.7. The summed E-state index contributed by atoms with van der Waals surface area (Å²) in [5, 5.41) is 9.43. The molecule has 2 nitrogen and oxygen atoms in total. The van der Waals surface area contributed by atoms with Gasteiger partial charge in [0.2, 0.25) is 0 Å². The number of hydrogen-bond acceptors (Lipinski definition) is 1. The van der Waals surface area contributed by atoms with E-state index in [1.165, 1.54) is 77.0 Å². The third-order valence-corrected chi connectivity index (χ3v) is 5.35. The fourth-order valence-electron chi connectivity index (χ4n) is 3.66. The number of hydrogen-bond donors (Lipinski definition) is 1. The summed E-state index contributed by atoms with van der Waals surface area (Å²) in [6.07, 6.45) is 19.4. The van der Waals surface area contributed by atoms with Gasteiger partial charge >= 0.3 is 54.9 Å². The molecule has 1 aromatic rings. The number of carbonyl (C=O) groups is 1. The van der Waals surface area contributed by atoms with Gasteiger partial charge in [-0.3, -0.25) is 4.79 Å². The van der Waals surface area contributed by atoms with Crippen LogP contribution in [0.4, 0.5) is 0 Å². The van der Waals surface area contributed by atoms with E-state index in [2.05, 4.69) is 6.92 Å². The van der Waals surface area contributed by atoms with Gasteiger partial charge in [-0.05, 0) is 12.0 Å². The van der Waals surface area contributed by atoms with Crippen LogP contribution in [0.25, 0.3) is 0 Å². The van der Waals surface area contributed by atoms with Crippen LogP contribution in [0.3, 0.4) is 0 Å². The van der Waals surface area contributed by atoms with Crippen LogP contribution in [0, 0.1) is 0 Å². The summed E-state index contributed by atoms with van der Waals surface area (Å²) in [6.45, 7) is 2.27. The second-order valence-electron chi connectivity index (χ2n) is 7.69. The van der Waals surface area contributed by atoms with Gasteiger partial charge in [0.1, 0.15) is 0 Å².